The van der Waals surface area contributed by atoms with Gasteiger partial charge in [-0.2, -0.15) is 5.10 Å². The molecule has 0 saturated carbocycles. The Morgan fingerprint density at radius 3 is 2.24 bits per heavy atom. The standard InChI is InChI=1S/C19H27N3O2S/c1-13(14-8-10-15(11-9-14)25(7)24)21(5)18(23)16-12-17(19(2,3)4)20-22(16)6/h8-13H,1-7H3/t13-,25-/m1/s1. The molecule has 0 saturated heterocycles. The summed E-state index contributed by atoms with van der Waals surface area (Å²) in [7, 11) is 2.59. The summed E-state index contributed by atoms with van der Waals surface area (Å²) in [5.41, 5.74) is 2.37. The second-order valence-corrected chi connectivity index (χ2v) is 8.78. The number of carbonyl (C=O) groups excluding carboxylic acids is 1. The second kappa shape index (κ2) is 7.12. The van der Waals surface area contributed by atoms with Gasteiger partial charge in [-0.05, 0) is 30.7 Å². The van der Waals surface area contributed by atoms with E-state index in [4.69, 9.17) is 0 Å². The molecule has 6 heteroatoms. The summed E-state index contributed by atoms with van der Waals surface area (Å²) in [6.45, 7) is 8.22. The molecule has 136 valence electrons. The summed E-state index contributed by atoms with van der Waals surface area (Å²) in [5.74, 6) is -0.0684. The lowest BCUT2D eigenvalue weighted by atomic mass is 9.92. The predicted octanol–water partition coefficient (Wildman–Crippen LogP) is 3.29. The van der Waals surface area contributed by atoms with Crippen LogP contribution in [0.25, 0.3) is 0 Å². The van der Waals surface area contributed by atoms with Gasteiger partial charge in [-0.3, -0.25) is 13.7 Å². The summed E-state index contributed by atoms with van der Waals surface area (Å²) < 4.78 is 13.2. The van der Waals surface area contributed by atoms with Crippen LogP contribution in [0.5, 0.6) is 0 Å². The van der Waals surface area contributed by atoms with Gasteiger partial charge < -0.3 is 4.90 Å². The van der Waals surface area contributed by atoms with Gasteiger partial charge in [-0.1, -0.05) is 32.9 Å². The Morgan fingerprint density at radius 1 is 1.24 bits per heavy atom. The lowest BCUT2D eigenvalue weighted by Crippen LogP contribution is -2.31. The first-order chi connectivity index (χ1) is 11.5. The van der Waals surface area contributed by atoms with Crippen molar-refractivity contribution in [3.8, 4) is 0 Å². The van der Waals surface area contributed by atoms with E-state index in [1.165, 1.54) is 0 Å². The van der Waals surface area contributed by atoms with Gasteiger partial charge in [0, 0.05) is 41.5 Å². The van der Waals surface area contributed by atoms with Crippen molar-refractivity contribution < 1.29 is 9.00 Å². The summed E-state index contributed by atoms with van der Waals surface area (Å²) >= 11 is 0. The maximum atomic E-state index is 12.9. The molecule has 0 aliphatic rings. The van der Waals surface area contributed by atoms with Crippen LogP contribution >= 0.6 is 0 Å². The molecule has 0 spiro atoms. The largest absolute Gasteiger partial charge is 0.334 e. The maximum Gasteiger partial charge on any atom is 0.272 e. The monoisotopic (exact) mass is 361 g/mol. The van der Waals surface area contributed by atoms with Crippen LogP contribution in [0.2, 0.25) is 0 Å². The molecule has 1 heterocycles. The number of carbonyl (C=O) groups is 1. The van der Waals surface area contributed by atoms with Gasteiger partial charge in [0.05, 0.1) is 11.7 Å². The zero-order chi connectivity index (χ0) is 18.9. The highest BCUT2D eigenvalue weighted by atomic mass is 32.2. The molecular weight excluding hydrogens is 334 g/mol. The van der Waals surface area contributed by atoms with Crippen molar-refractivity contribution in [2.75, 3.05) is 13.3 Å². The Bertz CT molecular complexity index is 788. The lowest BCUT2D eigenvalue weighted by Gasteiger charge is -2.25. The Hall–Kier alpha value is -1.95. The van der Waals surface area contributed by atoms with E-state index in [9.17, 15) is 9.00 Å². The molecule has 0 aliphatic heterocycles. The van der Waals surface area contributed by atoms with E-state index in [1.54, 1.807) is 29.9 Å². The van der Waals surface area contributed by atoms with Gasteiger partial charge in [0.25, 0.3) is 5.91 Å². The molecule has 0 bridgehead atoms. The van der Waals surface area contributed by atoms with Crippen molar-refractivity contribution in [3.05, 3.63) is 47.3 Å². The van der Waals surface area contributed by atoms with Crippen LogP contribution in [0.1, 0.15) is 55.5 Å². The molecule has 1 aromatic carbocycles. The third-order valence-corrected chi connectivity index (χ3v) is 5.40. The van der Waals surface area contributed by atoms with E-state index in [0.717, 1.165) is 16.2 Å². The summed E-state index contributed by atoms with van der Waals surface area (Å²) in [6, 6.07) is 9.32. The average molecular weight is 362 g/mol. The van der Waals surface area contributed by atoms with Crippen LogP contribution in [-0.4, -0.2) is 38.1 Å². The lowest BCUT2D eigenvalue weighted by molar-refractivity contribution is 0.0731. The third kappa shape index (κ3) is 4.18. The molecule has 1 amide bonds. The predicted molar refractivity (Wildman–Crippen MR) is 101 cm³/mol. The Morgan fingerprint density at radius 2 is 1.80 bits per heavy atom. The SMILES string of the molecule is C[C@H](c1ccc([S@@](C)=O)cc1)N(C)C(=O)c1cc(C(C)(C)C)nn1C. The summed E-state index contributed by atoms with van der Waals surface area (Å²) in [6.07, 6.45) is 1.66. The number of hydrogen-bond acceptors (Lipinski definition) is 3. The Labute approximate surface area is 152 Å². The number of benzene rings is 1. The minimum Gasteiger partial charge on any atom is -0.334 e. The van der Waals surface area contributed by atoms with Gasteiger partial charge in [-0.25, -0.2) is 0 Å². The molecule has 0 aliphatic carbocycles. The van der Waals surface area contributed by atoms with E-state index in [-0.39, 0.29) is 17.4 Å². The minimum absolute atomic E-state index is 0.0684. The van der Waals surface area contributed by atoms with E-state index in [0.29, 0.717) is 5.69 Å². The maximum absolute atomic E-state index is 12.9. The number of aromatic nitrogens is 2. The van der Waals surface area contributed by atoms with E-state index < -0.39 is 10.8 Å². The van der Waals surface area contributed by atoms with E-state index >= 15 is 0 Å². The first-order valence-electron chi connectivity index (χ1n) is 8.27. The van der Waals surface area contributed by atoms with Gasteiger partial charge >= 0.3 is 0 Å². The Kier molecular flexibility index (Phi) is 5.52. The molecule has 2 aromatic rings. The first-order valence-corrected chi connectivity index (χ1v) is 9.83. The quantitative estimate of drug-likeness (QED) is 0.840. The third-order valence-electron chi connectivity index (χ3n) is 4.46. The first kappa shape index (κ1) is 19.4. The van der Waals surface area contributed by atoms with Gasteiger partial charge in [0.2, 0.25) is 0 Å². The minimum atomic E-state index is -1.00. The molecule has 0 radical (unpaired) electrons. The fraction of sp³-hybridized carbons (Fsp3) is 0.474. The highest BCUT2D eigenvalue weighted by Gasteiger charge is 2.25. The fourth-order valence-corrected chi connectivity index (χ4v) is 3.07. The number of aryl methyl sites for hydroxylation is 1. The van der Waals surface area contributed by atoms with Crippen molar-refractivity contribution in [3.63, 3.8) is 0 Å². The molecule has 25 heavy (non-hydrogen) atoms. The smallest absolute Gasteiger partial charge is 0.272 e. The average Bonchev–Trinajstić information content (AvgIpc) is 2.95. The van der Waals surface area contributed by atoms with Crippen LogP contribution < -0.4 is 0 Å². The number of hydrogen-bond donors (Lipinski definition) is 0. The summed E-state index contributed by atoms with van der Waals surface area (Å²) in [5, 5.41) is 4.48. The molecule has 5 nitrogen and oxygen atoms in total. The van der Waals surface area contributed by atoms with Crippen LogP contribution in [0, 0.1) is 0 Å². The van der Waals surface area contributed by atoms with Gasteiger partial charge in [-0.15, -0.1) is 0 Å². The van der Waals surface area contributed by atoms with Crippen molar-refractivity contribution in [1.29, 1.82) is 0 Å². The molecular formula is C19H27N3O2S. The zero-order valence-corrected chi connectivity index (χ0v) is 16.8. The van der Waals surface area contributed by atoms with Gasteiger partial charge in [0.15, 0.2) is 0 Å². The molecule has 2 rings (SSSR count). The van der Waals surface area contributed by atoms with E-state index in [1.807, 2.05) is 37.3 Å². The fourth-order valence-electron chi connectivity index (χ4n) is 2.55. The molecule has 0 fully saturated rings. The second-order valence-electron chi connectivity index (χ2n) is 7.40. The van der Waals surface area contributed by atoms with Gasteiger partial charge in [0.1, 0.15) is 5.69 Å². The van der Waals surface area contributed by atoms with Crippen molar-refractivity contribution in [2.45, 2.75) is 44.0 Å². The highest BCUT2D eigenvalue weighted by Crippen LogP contribution is 2.25. The highest BCUT2D eigenvalue weighted by molar-refractivity contribution is 7.84. The van der Waals surface area contributed by atoms with Crippen molar-refractivity contribution in [1.82, 2.24) is 14.7 Å². The Balaban J connectivity index is 2.24. The topological polar surface area (TPSA) is 55.2 Å². The van der Waals surface area contributed by atoms with Crippen LogP contribution in [0.15, 0.2) is 35.2 Å². The van der Waals surface area contributed by atoms with E-state index in [2.05, 4.69) is 25.9 Å². The molecule has 0 N–H and O–H groups in total. The number of amides is 1. The number of rotatable bonds is 4. The normalized spacial score (nSPS) is 14.2. The van der Waals surface area contributed by atoms with Crippen LogP contribution in [-0.2, 0) is 23.3 Å². The van der Waals surface area contributed by atoms with Crippen LogP contribution in [0.3, 0.4) is 0 Å². The molecule has 1 aromatic heterocycles. The number of nitrogens with zero attached hydrogens (tertiary/aromatic N) is 3. The molecule has 2 atom stereocenters. The summed E-state index contributed by atoms with van der Waals surface area (Å²) in [4.78, 5) is 15.4. The van der Waals surface area contributed by atoms with Crippen molar-refractivity contribution >= 4 is 16.7 Å². The molecule has 0 unspecified atom stereocenters. The zero-order valence-electron chi connectivity index (χ0n) is 16.0. The van der Waals surface area contributed by atoms with Crippen molar-refractivity contribution in [2.24, 2.45) is 7.05 Å². The van der Waals surface area contributed by atoms with Crippen LogP contribution in [0.4, 0.5) is 0 Å².